The maximum Gasteiger partial charge on any atom is 0.230 e. The van der Waals surface area contributed by atoms with E-state index >= 15 is 0 Å². The summed E-state index contributed by atoms with van der Waals surface area (Å²) in [7, 11) is 0. The van der Waals surface area contributed by atoms with Crippen LogP contribution in [0.1, 0.15) is 6.92 Å². The van der Waals surface area contributed by atoms with Gasteiger partial charge >= 0.3 is 0 Å². The molecule has 7 nitrogen and oxygen atoms in total. The van der Waals surface area contributed by atoms with E-state index in [1.165, 1.54) is 0 Å². The zero-order chi connectivity index (χ0) is 10.7. The van der Waals surface area contributed by atoms with Gasteiger partial charge in [-0.25, -0.2) is 0 Å². The lowest BCUT2D eigenvalue weighted by molar-refractivity contribution is -0.117. The Balaban J connectivity index is 2.81. The van der Waals surface area contributed by atoms with Crippen molar-refractivity contribution in [1.82, 2.24) is 15.0 Å². The van der Waals surface area contributed by atoms with Crippen LogP contribution >= 0.6 is 11.8 Å². The van der Waals surface area contributed by atoms with Gasteiger partial charge in [0.15, 0.2) is 5.16 Å². The normalized spacial score (nSPS) is 12.4. The monoisotopic (exact) mass is 214 g/mol. The third kappa shape index (κ3) is 2.73. The van der Waals surface area contributed by atoms with Gasteiger partial charge in [-0.2, -0.15) is 15.0 Å². The fraction of sp³-hybridized carbons (Fsp3) is 0.333. The number of hydrogen-bond donors (Lipinski definition) is 3. The number of carbonyl (C=O) groups excluding carboxylic acids is 1. The molecule has 8 heteroatoms. The smallest absolute Gasteiger partial charge is 0.230 e. The summed E-state index contributed by atoms with van der Waals surface area (Å²) >= 11 is 1.08. The Bertz CT molecular complexity index is 336. The number of anilines is 2. The summed E-state index contributed by atoms with van der Waals surface area (Å²) in [5.41, 5.74) is 15.7. The van der Waals surface area contributed by atoms with Crippen molar-refractivity contribution in [3.05, 3.63) is 0 Å². The highest BCUT2D eigenvalue weighted by Gasteiger charge is 2.13. The molecule has 6 N–H and O–H groups in total. The fourth-order valence-electron chi connectivity index (χ4n) is 0.657. The van der Waals surface area contributed by atoms with E-state index in [0.29, 0.717) is 5.16 Å². The lowest BCUT2D eigenvalue weighted by Crippen LogP contribution is -2.23. The number of carbonyl (C=O) groups is 1. The third-order valence-corrected chi connectivity index (χ3v) is 2.31. The molecule has 1 atom stereocenters. The van der Waals surface area contributed by atoms with Crippen molar-refractivity contribution in [2.24, 2.45) is 5.73 Å². The molecule has 0 unspecified atom stereocenters. The molecular weight excluding hydrogens is 204 g/mol. The zero-order valence-electron chi connectivity index (χ0n) is 7.47. The van der Waals surface area contributed by atoms with Crippen molar-refractivity contribution in [1.29, 1.82) is 0 Å². The molecule has 0 radical (unpaired) electrons. The molecular formula is C6H10N6OS. The summed E-state index contributed by atoms with van der Waals surface area (Å²) in [5, 5.41) is -0.141. The lowest BCUT2D eigenvalue weighted by atomic mass is 10.5. The highest BCUT2D eigenvalue weighted by molar-refractivity contribution is 8.00. The van der Waals surface area contributed by atoms with Gasteiger partial charge in [-0.3, -0.25) is 4.79 Å². The summed E-state index contributed by atoms with van der Waals surface area (Å²) in [6, 6.07) is 0. The van der Waals surface area contributed by atoms with Gasteiger partial charge in [0, 0.05) is 0 Å². The van der Waals surface area contributed by atoms with Crippen molar-refractivity contribution in [3.8, 4) is 0 Å². The summed E-state index contributed by atoms with van der Waals surface area (Å²) in [4.78, 5) is 21.9. The molecule has 14 heavy (non-hydrogen) atoms. The second-order valence-corrected chi connectivity index (χ2v) is 3.80. The summed E-state index contributed by atoms with van der Waals surface area (Å²) < 4.78 is 0. The molecule has 1 rings (SSSR count). The maximum atomic E-state index is 10.7. The number of hydrogen-bond acceptors (Lipinski definition) is 7. The van der Waals surface area contributed by atoms with E-state index in [0.717, 1.165) is 11.8 Å². The van der Waals surface area contributed by atoms with E-state index in [1.807, 2.05) is 0 Å². The molecule has 0 saturated heterocycles. The Morgan fingerprint density at radius 3 is 2.21 bits per heavy atom. The molecule has 1 heterocycles. The molecule has 0 spiro atoms. The van der Waals surface area contributed by atoms with Gasteiger partial charge in [0.1, 0.15) is 0 Å². The highest BCUT2D eigenvalue weighted by Crippen LogP contribution is 2.19. The van der Waals surface area contributed by atoms with Crippen molar-refractivity contribution in [3.63, 3.8) is 0 Å². The zero-order valence-corrected chi connectivity index (χ0v) is 8.28. The van der Waals surface area contributed by atoms with Crippen molar-refractivity contribution in [2.75, 3.05) is 11.5 Å². The minimum absolute atomic E-state index is 0.0247. The molecule has 0 aliphatic heterocycles. The number of thioether (sulfide) groups is 1. The largest absolute Gasteiger partial charge is 0.369 e. The van der Waals surface area contributed by atoms with Crippen LogP contribution in [0.3, 0.4) is 0 Å². The summed E-state index contributed by atoms with van der Waals surface area (Å²) in [6.45, 7) is 1.64. The Kier molecular flexibility index (Phi) is 3.07. The van der Waals surface area contributed by atoms with Crippen LogP contribution in [-0.4, -0.2) is 26.1 Å². The molecule has 1 aromatic heterocycles. The first kappa shape index (κ1) is 10.5. The average Bonchev–Trinajstić information content (AvgIpc) is 2.01. The van der Waals surface area contributed by atoms with Gasteiger partial charge in [-0.15, -0.1) is 0 Å². The number of nitrogen functional groups attached to an aromatic ring is 2. The molecule has 0 bridgehead atoms. The molecule has 1 amide bonds. The van der Waals surface area contributed by atoms with E-state index < -0.39 is 11.2 Å². The first-order valence-electron chi connectivity index (χ1n) is 3.72. The Labute approximate surface area is 84.5 Å². The predicted octanol–water partition coefficient (Wildman–Crippen LogP) is -0.998. The standard InChI is InChI=1S/C6H10N6OS/c1-2(3(7)13)14-6-11-4(8)10-5(9)12-6/h2H,1H3,(H2,7,13)(H4,8,9,10,11,12)/t2-/m0/s1. The molecule has 1 aromatic rings. The van der Waals surface area contributed by atoms with Crippen molar-refractivity contribution >= 4 is 29.6 Å². The van der Waals surface area contributed by atoms with Gasteiger partial charge < -0.3 is 17.2 Å². The summed E-state index contributed by atoms with van der Waals surface area (Å²) in [5.74, 6) is -0.402. The number of aromatic nitrogens is 3. The molecule has 0 aliphatic rings. The van der Waals surface area contributed by atoms with Crippen LogP contribution in [0.4, 0.5) is 11.9 Å². The number of amides is 1. The Morgan fingerprint density at radius 2 is 1.79 bits per heavy atom. The van der Waals surface area contributed by atoms with E-state index in [-0.39, 0.29) is 11.9 Å². The van der Waals surface area contributed by atoms with Crippen molar-refractivity contribution < 1.29 is 4.79 Å². The second-order valence-electron chi connectivity index (χ2n) is 2.50. The van der Waals surface area contributed by atoms with E-state index in [4.69, 9.17) is 17.2 Å². The molecule has 76 valence electrons. The topological polar surface area (TPSA) is 134 Å². The van der Waals surface area contributed by atoms with Crippen LogP contribution in [0.5, 0.6) is 0 Å². The van der Waals surface area contributed by atoms with E-state index in [9.17, 15) is 4.79 Å². The average molecular weight is 214 g/mol. The quantitative estimate of drug-likeness (QED) is 0.549. The predicted molar refractivity (Wildman–Crippen MR) is 53.2 cm³/mol. The van der Waals surface area contributed by atoms with Gasteiger partial charge in [-0.1, -0.05) is 11.8 Å². The van der Waals surface area contributed by atoms with Crippen LogP contribution in [0.2, 0.25) is 0 Å². The molecule has 0 saturated carbocycles. The van der Waals surface area contributed by atoms with Crippen LogP contribution in [0.15, 0.2) is 5.16 Å². The van der Waals surface area contributed by atoms with Crippen LogP contribution in [0.25, 0.3) is 0 Å². The number of primary amides is 1. The summed E-state index contributed by atoms with van der Waals surface area (Å²) in [6.07, 6.45) is 0. The van der Waals surface area contributed by atoms with Crippen LogP contribution < -0.4 is 17.2 Å². The first-order valence-corrected chi connectivity index (χ1v) is 4.60. The minimum atomic E-state index is -0.451. The number of rotatable bonds is 3. The first-order chi connectivity index (χ1) is 6.49. The minimum Gasteiger partial charge on any atom is -0.369 e. The van der Waals surface area contributed by atoms with Crippen LogP contribution in [0, 0.1) is 0 Å². The molecule has 0 aromatic carbocycles. The van der Waals surface area contributed by atoms with E-state index in [2.05, 4.69) is 15.0 Å². The molecule has 0 aliphatic carbocycles. The Hall–Kier alpha value is -1.57. The molecule has 0 fully saturated rings. The Morgan fingerprint density at radius 1 is 1.29 bits per heavy atom. The van der Waals surface area contributed by atoms with Crippen LogP contribution in [-0.2, 0) is 4.79 Å². The van der Waals surface area contributed by atoms with Gasteiger partial charge in [-0.05, 0) is 6.92 Å². The van der Waals surface area contributed by atoms with Gasteiger partial charge in [0.2, 0.25) is 17.8 Å². The van der Waals surface area contributed by atoms with E-state index in [1.54, 1.807) is 6.92 Å². The van der Waals surface area contributed by atoms with Gasteiger partial charge in [0.25, 0.3) is 0 Å². The van der Waals surface area contributed by atoms with Crippen molar-refractivity contribution in [2.45, 2.75) is 17.3 Å². The SMILES string of the molecule is C[C@H](Sc1nc(N)nc(N)n1)C(N)=O. The number of nitrogens with two attached hydrogens (primary N) is 3. The second kappa shape index (κ2) is 4.09. The highest BCUT2D eigenvalue weighted by atomic mass is 32.2. The number of nitrogens with zero attached hydrogens (tertiary/aromatic N) is 3. The maximum absolute atomic E-state index is 10.7. The van der Waals surface area contributed by atoms with Gasteiger partial charge in [0.05, 0.1) is 5.25 Å². The fourth-order valence-corrected chi connectivity index (χ4v) is 1.38. The lowest BCUT2D eigenvalue weighted by Gasteiger charge is -2.05. The third-order valence-electron chi connectivity index (χ3n) is 1.33.